The average molecular weight is 293 g/mol. The highest BCUT2D eigenvalue weighted by Gasteiger charge is 2.20. The maximum absolute atomic E-state index is 12.6. The van der Waals surface area contributed by atoms with Crippen LogP contribution in [0.25, 0.3) is 16.9 Å². The number of benzene rings is 1. The summed E-state index contributed by atoms with van der Waals surface area (Å²) in [7, 11) is 0. The second-order valence-electron chi connectivity index (χ2n) is 5.71. The number of carbonyl (C=O) groups is 1. The molecule has 0 saturated heterocycles. The van der Waals surface area contributed by atoms with Crippen molar-refractivity contribution in [2.24, 2.45) is 5.92 Å². The molecule has 0 saturated carbocycles. The fourth-order valence-corrected chi connectivity index (χ4v) is 2.39. The van der Waals surface area contributed by atoms with Gasteiger partial charge in [-0.2, -0.15) is 0 Å². The van der Waals surface area contributed by atoms with E-state index < -0.39 is 0 Å². The summed E-state index contributed by atoms with van der Waals surface area (Å²) in [5.74, 6) is 0.314. The molecule has 0 aliphatic carbocycles. The lowest BCUT2D eigenvalue weighted by Gasteiger charge is -2.09. The predicted octanol–water partition coefficient (Wildman–Crippen LogP) is 3.39. The number of hydrogen-bond acceptors (Lipinski definition) is 2. The van der Waals surface area contributed by atoms with Gasteiger partial charge in [0.1, 0.15) is 17.0 Å². The van der Waals surface area contributed by atoms with Gasteiger partial charge in [0, 0.05) is 18.3 Å². The minimum absolute atomic E-state index is 0.0914. The zero-order valence-electron chi connectivity index (χ0n) is 12.8. The first-order valence-corrected chi connectivity index (χ1v) is 7.47. The molecule has 3 aromatic rings. The summed E-state index contributed by atoms with van der Waals surface area (Å²) in [4.78, 5) is 17.3. The molecule has 112 valence electrons. The Morgan fingerprint density at radius 2 is 1.86 bits per heavy atom. The van der Waals surface area contributed by atoms with Crippen molar-refractivity contribution in [2.75, 3.05) is 6.54 Å². The van der Waals surface area contributed by atoms with E-state index in [0.717, 1.165) is 11.2 Å². The van der Waals surface area contributed by atoms with Crippen LogP contribution >= 0.6 is 0 Å². The first kappa shape index (κ1) is 14.3. The van der Waals surface area contributed by atoms with Gasteiger partial charge in [0.05, 0.1) is 0 Å². The fourth-order valence-electron chi connectivity index (χ4n) is 2.39. The van der Waals surface area contributed by atoms with Gasteiger partial charge in [0.15, 0.2) is 0 Å². The number of carbonyl (C=O) groups excluding carboxylic acids is 1. The molecule has 0 aliphatic rings. The number of nitrogens with zero attached hydrogens (tertiary/aromatic N) is 2. The van der Waals surface area contributed by atoms with Gasteiger partial charge in [-0.05, 0) is 18.1 Å². The van der Waals surface area contributed by atoms with Crippen molar-refractivity contribution in [3.8, 4) is 11.3 Å². The molecular weight excluding hydrogens is 274 g/mol. The third kappa shape index (κ3) is 2.72. The molecule has 0 spiro atoms. The Morgan fingerprint density at radius 3 is 2.59 bits per heavy atom. The highest BCUT2D eigenvalue weighted by molar-refractivity contribution is 5.99. The van der Waals surface area contributed by atoms with E-state index in [0.29, 0.717) is 23.9 Å². The summed E-state index contributed by atoms with van der Waals surface area (Å²) < 4.78 is 1.85. The molecule has 4 heteroatoms. The second kappa shape index (κ2) is 6.02. The van der Waals surface area contributed by atoms with Gasteiger partial charge >= 0.3 is 0 Å². The topological polar surface area (TPSA) is 46.4 Å². The zero-order valence-corrected chi connectivity index (χ0v) is 12.8. The number of pyridine rings is 1. The minimum atomic E-state index is -0.0914. The van der Waals surface area contributed by atoms with Crippen molar-refractivity contribution >= 4 is 11.6 Å². The Bertz CT molecular complexity index is 790. The van der Waals surface area contributed by atoms with Crippen molar-refractivity contribution in [1.29, 1.82) is 0 Å². The Kier molecular flexibility index (Phi) is 3.92. The van der Waals surface area contributed by atoms with Crippen LogP contribution in [0.5, 0.6) is 0 Å². The number of amides is 1. The van der Waals surface area contributed by atoms with Crippen molar-refractivity contribution in [3.05, 3.63) is 60.4 Å². The predicted molar refractivity (Wildman–Crippen MR) is 87.8 cm³/mol. The van der Waals surface area contributed by atoms with E-state index in [1.807, 2.05) is 59.1 Å². The van der Waals surface area contributed by atoms with Crippen LogP contribution in [0.3, 0.4) is 0 Å². The number of aromatic nitrogens is 2. The van der Waals surface area contributed by atoms with E-state index in [9.17, 15) is 4.79 Å². The first-order valence-electron chi connectivity index (χ1n) is 7.47. The molecule has 0 fully saturated rings. The third-order valence-corrected chi connectivity index (χ3v) is 3.46. The molecule has 0 atom stereocenters. The smallest absolute Gasteiger partial charge is 0.270 e. The Balaban J connectivity index is 2.11. The lowest BCUT2D eigenvalue weighted by Crippen LogP contribution is -2.28. The minimum Gasteiger partial charge on any atom is -0.350 e. The summed E-state index contributed by atoms with van der Waals surface area (Å²) >= 11 is 0. The molecule has 1 N–H and O–H groups in total. The van der Waals surface area contributed by atoms with Gasteiger partial charge in [-0.25, -0.2) is 4.98 Å². The van der Waals surface area contributed by atoms with Crippen LogP contribution in [0.2, 0.25) is 0 Å². The van der Waals surface area contributed by atoms with Gasteiger partial charge in [0.25, 0.3) is 5.91 Å². The van der Waals surface area contributed by atoms with Gasteiger partial charge in [0.2, 0.25) is 0 Å². The Morgan fingerprint density at radius 1 is 1.14 bits per heavy atom. The van der Waals surface area contributed by atoms with Crippen LogP contribution < -0.4 is 5.32 Å². The van der Waals surface area contributed by atoms with Crippen LogP contribution in [0, 0.1) is 5.92 Å². The molecule has 0 bridgehead atoms. The summed E-state index contributed by atoms with van der Waals surface area (Å²) in [6.45, 7) is 4.80. The van der Waals surface area contributed by atoms with Gasteiger partial charge in [-0.15, -0.1) is 0 Å². The number of hydrogen-bond donors (Lipinski definition) is 1. The highest BCUT2D eigenvalue weighted by atomic mass is 16.1. The van der Waals surface area contributed by atoms with Crippen molar-refractivity contribution in [2.45, 2.75) is 13.8 Å². The van der Waals surface area contributed by atoms with Crippen LogP contribution in [-0.4, -0.2) is 21.8 Å². The largest absolute Gasteiger partial charge is 0.350 e. The third-order valence-electron chi connectivity index (χ3n) is 3.46. The quantitative estimate of drug-likeness (QED) is 0.801. The first-order chi connectivity index (χ1) is 10.7. The zero-order chi connectivity index (χ0) is 15.5. The maximum Gasteiger partial charge on any atom is 0.270 e. The van der Waals surface area contributed by atoms with Gasteiger partial charge < -0.3 is 5.32 Å². The average Bonchev–Trinajstić information content (AvgIpc) is 2.93. The molecular formula is C18H19N3O. The van der Waals surface area contributed by atoms with E-state index in [1.54, 1.807) is 0 Å². The molecule has 22 heavy (non-hydrogen) atoms. The van der Waals surface area contributed by atoms with Crippen molar-refractivity contribution in [3.63, 3.8) is 0 Å². The fraction of sp³-hybridized carbons (Fsp3) is 0.222. The normalized spacial score (nSPS) is 11.0. The summed E-state index contributed by atoms with van der Waals surface area (Å²) in [6, 6.07) is 15.5. The van der Waals surface area contributed by atoms with Gasteiger partial charge in [-0.1, -0.05) is 50.2 Å². The van der Waals surface area contributed by atoms with E-state index in [4.69, 9.17) is 0 Å². The molecule has 2 heterocycles. The van der Waals surface area contributed by atoms with E-state index in [1.165, 1.54) is 0 Å². The summed E-state index contributed by atoms with van der Waals surface area (Å²) in [5, 5.41) is 2.99. The van der Waals surface area contributed by atoms with Gasteiger partial charge in [-0.3, -0.25) is 9.20 Å². The number of nitrogens with one attached hydrogen (secondary N) is 1. The lowest BCUT2D eigenvalue weighted by atomic mass is 10.1. The summed E-state index contributed by atoms with van der Waals surface area (Å²) in [5.41, 5.74) is 3.02. The van der Waals surface area contributed by atoms with E-state index in [2.05, 4.69) is 24.1 Å². The van der Waals surface area contributed by atoms with E-state index in [-0.39, 0.29) is 5.91 Å². The van der Waals surface area contributed by atoms with Crippen LogP contribution in [0.15, 0.2) is 54.7 Å². The number of rotatable bonds is 4. The summed E-state index contributed by atoms with van der Waals surface area (Å²) in [6.07, 6.45) is 1.87. The number of imidazole rings is 1. The van der Waals surface area contributed by atoms with Crippen LogP contribution in [0.4, 0.5) is 0 Å². The molecule has 0 aliphatic heterocycles. The molecule has 3 rings (SSSR count). The molecule has 4 nitrogen and oxygen atoms in total. The second-order valence-corrected chi connectivity index (χ2v) is 5.71. The van der Waals surface area contributed by atoms with Crippen LogP contribution in [0.1, 0.15) is 24.3 Å². The maximum atomic E-state index is 12.6. The Hall–Kier alpha value is -2.62. The SMILES string of the molecule is CC(C)CNC(=O)c1c(-c2ccccc2)nc2ccccn12. The van der Waals surface area contributed by atoms with Crippen molar-refractivity contribution < 1.29 is 4.79 Å². The lowest BCUT2D eigenvalue weighted by molar-refractivity contribution is 0.0944. The van der Waals surface area contributed by atoms with E-state index >= 15 is 0 Å². The van der Waals surface area contributed by atoms with Crippen molar-refractivity contribution in [1.82, 2.24) is 14.7 Å². The molecule has 1 aromatic carbocycles. The highest BCUT2D eigenvalue weighted by Crippen LogP contribution is 2.24. The Labute approximate surface area is 129 Å². The van der Waals surface area contributed by atoms with Crippen LogP contribution in [-0.2, 0) is 0 Å². The number of fused-ring (bicyclic) bond motifs is 1. The monoisotopic (exact) mass is 293 g/mol. The molecule has 0 radical (unpaired) electrons. The molecule has 2 aromatic heterocycles. The molecule has 1 amide bonds. The standard InChI is InChI=1S/C18H19N3O/c1-13(2)12-19-18(22)17-16(14-8-4-3-5-9-14)20-15-10-6-7-11-21(15)17/h3-11,13H,12H2,1-2H3,(H,19,22). The molecule has 0 unspecified atom stereocenters.